The van der Waals surface area contributed by atoms with Gasteiger partial charge in [-0.05, 0) is 19.3 Å². The number of hydrogen-bond donors (Lipinski definition) is 2. The monoisotopic (exact) mass is 130 g/mol. The predicted octanol–water partition coefficient (Wildman–Crippen LogP) is -1.70. The van der Waals surface area contributed by atoms with Crippen molar-refractivity contribution in [1.82, 2.24) is 0 Å². The molecule has 1 aliphatic heterocycles. The molecule has 1 saturated heterocycles. The summed E-state index contributed by atoms with van der Waals surface area (Å²) < 4.78 is 0. The Labute approximate surface area is 57.0 Å². The van der Waals surface area contributed by atoms with E-state index in [-0.39, 0.29) is 0 Å². The number of likely N-dealkylation sites (tertiary alicyclic amines) is 1. The van der Waals surface area contributed by atoms with Crippen LogP contribution in [0.1, 0.15) is 19.3 Å². The van der Waals surface area contributed by atoms with Crippen LogP contribution in [-0.2, 0) is 0 Å². The normalized spacial score (nSPS) is 22.3. The van der Waals surface area contributed by atoms with Crippen molar-refractivity contribution in [2.24, 2.45) is 0 Å². The zero-order chi connectivity index (χ0) is 6.53. The lowest BCUT2D eigenvalue weighted by Gasteiger charge is -2.21. The molecule has 0 aromatic heterocycles. The summed E-state index contributed by atoms with van der Waals surface area (Å²) >= 11 is 0. The lowest BCUT2D eigenvalue weighted by Crippen LogP contribution is -3.14. The Morgan fingerprint density at radius 1 is 1.11 bits per heavy atom. The van der Waals surface area contributed by atoms with E-state index < -0.39 is 0 Å². The van der Waals surface area contributed by atoms with Gasteiger partial charge in [-0.2, -0.15) is 0 Å². The van der Waals surface area contributed by atoms with Gasteiger partial charge in [0.2, 0.25) is 0 Å². The molecule has 0 aliphatic carbocycles. The lowest BCUT2D eigenvalue weighted by atomic mass is 10.1. The average molecular weight is 130 g/mol. The number of piperidine rings is 1. The van der Waals surface area contributed by atoms with Gasteiger partial charge in [-0.1, -0.05) is 0 Å². The third-order valence-electron chi connectivity index (χ3n) is 2.09. The molecule has 1 fully saturated rings. The first-order chi connectivity index (χ1) is 4.43. The Morgan fingerprint density at radius 3 is 2.33 bits per heavy atom. The first kappa shape index (κ1) is 7.03. The van der Waals surface area contributed by atoms with Gasteiger partial charge in [-0.15, -0.1) is 0 Å². The molecule has 0 saturated carbocycles. The molecular weight excluding hydrogens is 112 g/mol. The van der Waals surface area contributed by atoms with Crippen molar-refractivity contribution in [3.8, 4) is 0 Å². The molecule has 4 N–H and O–H groups in total. The Balaban J connectivity index is 2.08. The molecule has 0 aromatic rings. The largest absolute Gasteiger partial charge is 0.353 e. The van der Waals surface area contributed by atoms with Crippen molar-refractivity contribution < 1.29 is 10.6 Å². The van der Waals surface area contributed by atoms with Crippen LogP contribution in [0.15, 0.2) is 0 Å². The summed E-state index contributed by atoms with van der Waals surface area (Å²) in [7, 11) is 0. The molecule has 0 radical (unpaired) electrons. The molecule has 2 heteroatoms. The molecule has 9 heavy (non-hydrogen) atoms. The summed E-state index contributed by atoms with van der Waals surface area (Å²) in [6, 6.07) is 0. The highest BCUT2D eigenvalue weighted by Crippen LogP contribution is 1.93. The second-order valence-electron chi connectivity index (χ2n) is 2.91. The fraction of sp³-hybridized carbons (Fsp3) is 1.00. The first-order valence-electron chi connectivity index (χ1n) is 4.06. The molecule has 0 aromatic carbocycles. The van der Waals surface area contributed by atoms with E-state index in [1.54, 1.807) is 4.90 Å². The van der Waals surface area contributed by atoms with Crippen molar-refractivity contribution in [3.05, 3.63) is 0 Å². The highest BCUT2D eigenvalue weighted by atomic mass is 15.1. The zero-order valence-corrected chi connectivity index (χ0v) is 6.16. The minimum absolute atomic E-state index is 1.11. The van der Waals surface area contributed by atoms with Crippen LogP contribution < -0.4 is 10.6 Å². The van der Waals surface area contributed by atoms with Gasteiger partial charge >= 0.3 is 0 Å². The summed E-state index contributed by atoms with van der Waals surface area (Å²) in [6.45, 7) is 5.19. The maximum absolute atomic E-state index is 3.86. The van der Waals surface area contributed by atoms with Gasteiger partial charge in [-0.3, -0.25) is 0 Å². The Morgan fingerprint density at radius 2 is 1.78 bits per heavy atom. The standard InChI is InChI=1S/C7H16N2/c8-4-7-9-5-2-1-3-6-9/h1-8H2/p+2. The fourth-order valence-electron chi connectivity index (χ4n) is 1.55. The topological polar surface area (TPSA) is 32.1 Å². The molecular formula is C7H18N2+2. The van der Waals surface area contributed by atoms with Gasteiger partial charge < -0.3 is 10.6 Å². The van der Waals surface area contributed by atoms with Crippen LogP contribution in [-0.4, -0.2) is 26.2 Å². The SMILES string of the molecule is [NH3+]CC[NH+]1CCCCC1. The molecule has 0 spiro atoms. The molecule has 0 unspecified atom stereocenters. The van der Waals surface area contributed by atoms with Gasteiger partial charge in [0.15, 0.2) is 0 Å². The van der Waals surface area contributed by atoms with Gasteiger partial charge in [0.05, 0.1) is 13.1 Å². The van der Waals surface area contributed by atoms with Crippen molar-refractivity contribution >= 4 is 0 Å². The smallest absolute Gasteiger partial charge is 0.127 e. The van der Waals surface area contributed by atoms with Crippen LogP contribution in [0.2, 0.25) is 0 Å². The van der Waals surface area contributed by atoms with Crippen molar-refractivity contribution in [2.45, 2.75) is 19.3 Å². The van der Waals surface area contributed by atoms with Crippen LogP contribution in [0.4, 0.5) is 0 Å². The Kier molecular flexibility index (Phi) is 3.01. The maximum Gasteiger partial charge on any atom is 0.127 e. The van der Waals surface area contributed by atoms with Crippen molar-refractivity contribution in [2.75, 3.05) is 26.2 Å². The second-order valence-corrected chi connectivity index (χ2v) is 2.91. The van der Waals surface area contributed by atoms with E-state index >= 15 is 0 Å². The molecule has 2 nitrogen and oxygen atoms in total. The highest BCUT2D eigenvalue weighted by molar-refractivity contribution is 4.44. The molecule has 1 heterocycles. The van der Waals surface area contributed by atoms with E-state index in [4.69, 9.17) is 0 Å². The fourth-order valence-corrected chi connectivity index (χ4v) is 1.55. The summed E-state index contributed by atoms with van der Waals surface area (Å²) in [5, 5.41) is 0. The number of quaternary nitrogens is 2. The van der Waals surface area contributed by atoms with E-state index in [1.807, 2.05) is 0 Å². The quantitative estimate of drug-likeness (QED) is 0.446. The van der Waals surface area contributed by atoms with E-state index in [1.165, 1.54) is 38.9 Å². The molecule has 54 valence electrons. The summed E-state index contributed by atoms with van der Waals surface area (Å²) in [4.78, 5) is 1.77. The van der Waals surface area contributed by atoms with Crippen molar-refractivity contribution in [3.63, 3.8) is 0 Å². The Bertz CT molecular complexity index is 64.6. The van der Waals surface area contributed by atoms with E-state index in [0.717, 1.165) is 6.54 Å². The Hall–Kier alpha value is -0.0800. The van der Waals surface area contributed by atoms with Crippen molar-refractivity contribution in [1.29, 1.82) is 0 Å². The minimum atomic E-state index is 1.11. The predicted molar refractivity (Wildman–Crippen MR) is 37.2 cm³/mol. The third kappa shape index (κ3) is 2.33. The number of rotatable bonds is 2. The molecule has 0 atom stereocenters. The van der Waals surface area contributed by atoms with Gasteiger partial charge in [-0.25, -0.2) is 0 Å². The van der Waals surface area contributed by atoms with E-state index in [0.29, 0.717) is 0 Å². The lowest BCUT2D eigenvalue weighted by molar-refractivity contribution is -0.909. The third-order valence-corrected chi connectivity index (χ3v) is 2.09. The zero-order valence-electron chi connectivity index (χ0n) is 6.16. The highest BCUT2D eigenvalue weighted by Gasteiger charge is 2.11. The van der Waals surface area contributed by atoms with E-state index in [2.05, 4.69) is 5.73 Å². The number of nitrogens with one attached hydrogen (secondary N) is 1. The summed E-state index contributed by atoms with van der Waals surface area (Å²) in [5.74, 6) is 0. The van der Waals surface area contributed by atoms with E-state index in [9.17, 15) is 0 Å². The van der Waals surface area contributed by atoms with Crippen LogP contribution in [0, 0.1) is 0 Å². The van der Waals surface area contributed by atoms with Gasteiger partial charge in [0.1, 0.15) is 13.1 Å². The van der Waals surface area contributed by atoms with Crippen LogP contribution in [0.3, 0.4) is 0 Å². The molecule has 1 rings (SSSR count). The van der Waals surface area contributed by atoms with Crippen LogP contribution in [0.25, 0.3) is 0 Å². The summed E-state index contributed by atoms with van der Waals surface area (Å²) in [5.41, 5.74) is 3.86. The number of hydrogen-bond acceptors (Lipinski definition) is 0. The second kappa shape index (κ2) is 3.85. The average Bonchev–Trinajstić information content (AvgIpc) is 1.91. The molecule has 1 aliphatic rings. The summed E-state index contributed by atoms with van der Waals surface area (Å²) in [6.07, 6.45) is 4.34. The first-order valence-corrected chi connectivity index (χ1v) is 4.06. The van der Waals surface area contributed by atoms with Gasteiger partial charge in [0.25, 0.3) is 0 Å². The van der Waals surface area contributed by atoms with Gasteiger partial charge in [0, 0.05) is 0 Å². The van der Waals surface area contributed by atoms with Crippen LogP contribution in [0.5, 0.6) is 0 Å². The molecule has 0 bridgehead atoms. The molecule has 0 amide bonds. The van der Waals surface area contributed by atoms with Crippen LogP contribution >= 0.6 is 0 Å². The maximum atomic E-state index is 3.86. The minimum Gasteiger partial charge on any atom is -0.353 e.